The van der Waals surface area contributed by atoms with E-state index in [0.717, 1.165) is 4.90 Å². The minimum atomic E-state index is -0.369. The summed E-state index contributed by atoms with van der Waals surface area (Å²) in [5.74, 6) is 0.505. The van der Waals surface area contributed by atoms with E-state index >= 15 is 0 Å². The van der Waals surface area contributed by atoms with Crippen LogP contribution in [-0.2, 0) is 5.75 Å². The highest BCUT2D eigenvalue weighted by Crippen LogP contribution is 2.30. The molecule has 0 saturated carbocycles. The third kappa shape index (κ3) is 2.78. The molecule has 18 heavy (non-hydrogen) atoms. The van der Waals surface area contributed by atoms with E-state index in [1.807, 2.05) is 0 Å². The summed E-state index contributed by atoms with van der Waals surface area (Å²) in [6.07, 6.45) is 3.22. The molecular formula is C12H11N3O2S. The molecule has 0 unspecified atom stereocenters. The molecule has 1 aromatic heterocycles. The molecule has 0 atom stereocenters. The smallest absolute Gasteiger partial charge is 0.273 e. The first-order valence-electron chi connectivity index (χ1n) is 5.23. The summed E-state index contributed by atoms with van der Waals surface area (Å²) in [6, 6.07) is 8.51. The van der Waals surface area contributed by atoms with Gasteiger partial charge in [-0.3, -0.25) is 15.1 Å². The molecule has 0 aliphatic rings. The van der Waals surface area contributed by atoms with Gasteiger partial charge in [-0.05, 0) is 6.07 Å². The summed E-state index contributed by atoms with van der Waals surface area (Å²) in [5, 5.41) is 10.9. The predicted octanol–water partition coefficient (Wildman–Crippen LogP) is 2.86. The van der Waals surface area contributed by atoms with Gasteiger partial charge in [0.05, 0.1) is 16.8 Å². The topological polar surface area (TPSA) is 82.0 Å². The second-order valence-corrected chi connectivity index (χ2v) is 4.61. The summed E-state index contributed by atoms with van der Waals surface area (Å²) < 4.78 is 0. The van der Waals surface area contributed by atoms with Crippen LogP contribution in [0.2, 0.25) is 0 Å². The lowest BCUT2D eigenvalue weighted by Gasteiger charge is -2.05. The number of hydrogen-bond donors (Lipinski definition) is 1. The Hall–Kier alpha value is -2.08. The summed E-state index contributed by atoms with van der Waals surface area (Å²) in [4.78, 5) is 15.3. The number of para-hydroxylation sites is 1. The largest absolute Gasteiger partial charge is 0.397 e. The zero-order valence-corrected chi connectivity index (χ0v) is 10.3. The molecule has 6 heteroatoms. The Morgan fingerprint density at radius 3 is 2.83 bits per heavy atom. The van der Waals surface area contributed by atoms with Crippen molar-refractivity contribution >= 4 is 23.1 Å². The number of rotatable bonds is 4. The fraction of sp³-hybridized carbons (Fsp3) is 0.0833. The summed E-state index contributed by atoms with van der Waals surface area (Å²) >= 11 is 1.46. The zero-order valence-electron chi connectivity index (χ0n) is 9.45. The van der Waals surface area contributed by atoms with Gasteiger partial charge in [-0.25, -0.2) is 0 Å². The van der Waals surface area contributed by atoms with Crippen molar-refractivity contribution in [1.29, 1.82) is 0 Å². The molecule has 0 fully saturated rings. The highest BCUT2D eigenvalue weighted by molar-refractivity contribution is 7.98. The number of nitro benzene ring substituents is 1. The lowest BCUT2D eigenvalue weighted by Crippen LogP contribution is -1.94. The van der Waals surface area contributed by atoms with Gasteiger partial charge in [-0.15, -0.1) is 11.8 Å². The Morgan fingerprint density at radius 1 is 1.33 bits per heavy atom. The fourth-order valence-corrected chi connectivity index (χ4v) is 2.42. The Morgan fingerprint density at radius 2 is 2.11 bits per heavy atom. The van der Waals surface area contributed by atoms with Crippen LogP contribution in [0.3, 0.4) is 0 Å². The summed E-state index contributed by atoms with van der Waals surface area (Å²) in [6.45, 7) is 0. The van der Waals surface area contributed by atoms with Crippen molar-refractivity contribution in [3.63, 3.8) is 0 Å². The number of thioether (sulfide) groups is 1. The minimum Gasteiger partial charge on any atom is -0.397 e. The maximum atomic E-state index is 10.9. The number of anilines is 1. The third-order valence-electron chi connectivity index (χ3n) is 2.38. The van der Waals surface area contributed by atoms with E-state index in [1.54, 1.807) is 36.7 Å². The van der Waals surface area contributed by atoms with Gasteiger partial charge >= 0.3 is 0 Å². The molecule has 0 aliphatic carbocycles. The van der Waals surface area contributed by atoms with Gasteiger partial charge in [0.25, 0.3) is 5.69 Å². The van der Waals surface area contributed by atoms with Gasteiger partial charge in [0.1, 0.15) is 0 Å². The first-order valence-corrected chi connectivity index (χ1v) is 6.21. The Labute approximate surface area is 108 Å². The molecule has 0 amide bonds. The number of aromatic nitrogens is 1. The standard InChI is InChI=1S/C12H11N3O2S/c13-10-7-14-6-5-12(10)18-8-9-3-1-2-4-11(9)15(16)17/h1-7H,8,13H2. The van der Waals surface area contributed by atoms with Gasteiger partial charge in [0.2, 0.25) is 0 Å². The molecule has 92 valence electrons. The van der Waals surface area contributed by atoms with E-state index in [2.05, 4.69) is 4.98 Å². The van der Waals surface area contributed by atoms with Crippen LogP contribution in [0.4, 0.5) is 11.4 Å². The van der Waals surface area contributed by atoms with Crippen molar-refractivity contribution in [2.45, 2.75) is 10.6 Å². The molecular weight excluding hydrogens is 250 g/mol. The molecule has 0 bridgehead atoms. The quantitative estimate of drug-likeness (QED) is 0.520. The Bertz CT molecular complexity index is 575. The Kier molecular flexibility index (Phi) is 3.78. The molecule has 1 aromatic carbocycles. The molecule has 2 rings (SSSR count). The van der Waals surface area contributed by atoms with Gasteiger partial charge < -0.3 is 5.73 Å². The maximum absolute atomic E-state index is 10.9. The number of nitrogens with zero attached hydrogens (tertiary/aromatic N) is 2. The van der Waals surface area contributed by atoms with E-state index in [0.29, 0.717) is 17.0 Å². The van der Waals surface area contributed by atoms with Gasteiger partial charge in [-0.1, -0.05) is 18.2 Å². The second-order valence-electron chi connectivity index (χ2n) is 3.59. The number of benzene rings is 1. The number of nitrogen functional groups attached to an aromatic ring is 1. The van der Waals surface area contributed by atoms with E-state index in [9.17, 15) is 10.1 Å². The molecule has 0 aliphatic heterocycles. The molecule has 2 N–H and O–H groups in total. The first-order chi connectivity index (χ1) is 8.68. The maximum Gasteiger partial charge on any atom is 0.273 e. The van der Waals surface area contributed by atoms with Crippen molar-refractivity contribution in [3.05, 3.63) is 58.4 Å². The third-order valence-corrected chi connectivity index (χ3v) is 3.52. The highest BCUT2D eigenvalue weighted by Gasteiger charge is 2.12. The van der Waals surface area contributed by atoms with Crippen molar-refractivity contribution in [2.75, 3.05) is 5.73 Å². The number of hydrogen-bond acceptors (Lipinski definition) is 5. The number of nitro groups is 1. The average Bonchev–Trinajstić information content (AvgIpc) is 2.38. The zero-order chi connectivity index (χ0) is 13.0. The Balaban J connectivity index is 2.16. The van der Waals surface area contributed by atoms with Crippen LogP contribution < -0.4 is 5.73 Å². The number of nitrogens with two attached hydrogens (primary N) is 1. The lowest BCUT2D eigenvalue weighted by atomic mass is 10.2. The lowest BCUT2D eigenvalue weighted by molar-refractivity contribution is -0.385. The summed E-state index contributed by atoms with van der Waals surface area (Å²) in [5.41, 5.74) is 7.17. The normalized spacial score (nSPS) is 10.2. The van der Waals surface area contributed by atoms with Crippen molar-refractivity contribution < 1.29 is 4.92 Å². The van der Waals surface area contributed by atoms with Crippen LogP contribution in [0.25, 0.3) is 0 Å². The predicted molar refractivity (Wildman–Crippen MR) is 71.3 cm³/mol. The van der Waals surface area contributed by atoms with Crippen molar-refractivity contribution in [3.8, 4) is 0 Å². The first kappa shape index (κ1) is 12.4. The molecule has 1 heterocycles. The SMILES string of the molecule is Nc1cnccc1SCc1ccccc1[N+](=O)[O-]. The van der Waals surface area contributed by atoms with Crippen LogP contribution >= 0.6 is 11.8 Å². The van der Waals surface area contributed by atoms with Crippen molar-refractivity contribution in [1.82, 2.24) is 4.98 Å². The van der Waals surface area contributed by atoms with E-state index in [-0.39, 0.29) is 10.6 Å². The molecule has 5 nitrogen and oxygen atoms in total. The van der Waals surface area contributed by atoms with E-state index in [1.165, 1.54) is 17.8 Å². The van der Waals surface area contributed by atoms with Crippen LogP contribution in [0.5, 0.6) is 0 Å². The van der Waals surface area contributed by atoms with Gasteiger partial charge in [-0.2, -0.15) is 0 Å². The van der Waals surface area contributed by atoms with Crippen LogP contribution in [0.15, 0.2) is 47.6 Å². The van der Waals surface area contributed by atoms with E-state index in [4.69, 9.17) is 5.73 Å². The average molecular weight is 261 g/mol. The molecule has 0 saturated heterocycles. The van der Waals surface area contributed by atoms with Crippen LogP contribution in [0.1, 0.15) is 5.56 Å². The second kappa shape index (κ2) is 5.50. The molecule has 2 aromatic rings. The fourth-order valence-electron chi connectivity index (χ4n) is 1.49. The summed E-state index contributed by atoms with van der Waals surface area (Å²) in [7, 11) is 0. The monoisotopic (exact) mass is 261 g/mol. The van der Waals surface area contributed by atoms with Crippen LogP contribution in [0, 0.1) is 10.1 Å². The van der Waals surface area contributed by atoms with E-state index < -0.39 is 0 Å². The molecule has 0 spiro atoms. The van der Waals surface area contributed by atoms with Crippen LogP contribution in [-0.4, -0.2) is 9.91 Å². The highest BCUT2D eigenvalue weighted by atomic mass is 32.2. The molecule has 0 radical (unpaired) electrons. The minimum absolute atomic E-state index is 0.137. The van der Waals surface area contributed by atoms with Gasteiger partial charge in [0, 0.05) is 28.5 Å². The van der Waals surface area contributed by atoms with Gasteiger partial charge in [0.15, 0.2) is 0 Å². The van der Waals surface area contributed by atoms with Crippen molar-refractivity contribution in [2.24, 2.45) is 0 Å². The number of pyridine rings is 1.